The van der Waals surface area contributed by atoms with Gasteiger partial charge < -0.3 is 9.67 Å². The van der Waals surface area contributed by atoms with E-state index in [1.807, 2.05) is 6.20 Å². The molecule has 2 unspecified atom stereocenters. The van der Waals surface area contributed by atoms with E-state index in [4.69, 9.17) is 0 Å². The Balaban J connectivity index is 1.91. The van der Waals surface area contributed by atoms with Crippen LogP contribution < -0.4 is 0 Å². The molecule has 1 aromatic rings. The number of hydrogen-bond donors (Lipinski definition) is 1. The summed E-state index contributed by atoms with van der Waals surface area (Å²) in [6.45, 7) is 5.53. The lowest BCUT2D eigenvalue weighted by molar-refractivity contribution is 0.125. The van der Waals surface area contributed by atoms with Crippen molar-refractivity contribution in [1.82, 2.24) is 14.5 Å². The quantitative estimate of drug-likeness (QED) is 0.874. The van der Waals surface area contributed by atoms with Crippen LogP contribution in [0.3, 0.4) is 0 Å². The first-order valence-corrected chi connectivity index (χ1v) is 7.28. The molecule has 2 aliphatic heterocycles. The van der Waals surface area contributed by atoms with Crippen LogP contribution in [0.1, 0.15) is 62.7 Å². The van der Waals surface area contributed by atoms with Crippen molar-refractivity contribution in [2.45, 2.75) is 57.7 Å². The largest absolute Gasteiger partial charge is 0.387 e. The van der Waals surface area contributed by atoms with E-state index in [9.17, 15) is 5.11 Å². The van der Waals surface area contributed by atoms with Gasteiger partial charge in [0.2, 0.25) is 0 Å². The molecule has 0 aliphatic carbocycles. The van der Waals surface area contributed by atoms with Gasteiger partial charge in [-0.1, -0.05) is 13.3 Å². The summed E-state index contributed by atoms with van der Waals surface area (Å²) in [6, 6.07) is 0.461. The Morgan fingerprint density at radius 3 is 3.00 bits per heavy atom. The second kappa shape index (κ2) is 5.02. The fraction of sp³-hybridized carbons (Fsp3) is 0.786. The van der Waals surface area contributed by atoms with Crippen LogP contribution in [0, 0.1) is 0 Å². The Labute approximate surface area is 109 Å². The van der Waals surface area contributed by atoms with Crippen LogP contribution in [-0.4, -0.2) is 32.6 Å². The van der Waals surface area contributed by atoms with E-state index in [1.165, 1.54) is 31.6 Å². The van der Waals surface area contributed by atoms with Crippen LogP contribution >= 0.6 is 0 Å². The third kappa shape index (κ3) is 1.97. The highest BCUT2D eigenvalue weighted by Gasteiger charge is 2.29. The summed E-state index contributed by atoms with van der Waals surface area (Å²) in [6.07, 6.45) is 7.34. The van der Waals surface area contributed by atoms with Crippen molar-refractivity contribution < 1.29 is 5.11 Å². The van der Waals surface area contributed by atoms with Crippen LogP contribution in [0.4, 0.5) is 0 Å². The highest BCUT2D eigenvalue weighted by atomic mass is 16.3. The number of hydrogen-bond acceptors (Lipinski definition) is 3. The zero-order valence-electron chi connectivity index (χ0n) is 11.2. The topological polar surface area (TPSA) is 41.3 Å². The molecule has 1 saturated heterocycles. The Kier molecular flexibility index (Phi) is 3.39. The number of likely N-dealkylation sites (tertiary alicyclic amines) is 1. The van der Waals surface area contributed by atoms with Crippen LogP contribution in [0.2, 0.25) is 0 Å². The van der Waals surface area contributed by atoms with Crippen molar-refractivity contribution in [2.24, 2.45) is 0 Å². The molecule has 3 heterocycles. The predicted molar refractivity (Wildman–Crippen MR) is 70.3 cm³/mol. The number of aliphatic hydroxyl groups is 1. The fourth-order valence-corrected chi connectivity index (χ4v) is 3.43. The van der Waals surface area contributed by atoms with Gasteiger partial charge in [0.1, 0.15) is 5.82 Å². The van der Waals surface area contributed by atoms with Crippen molar-refractivity contribution in [3.05, 3.63) is 17.7 Å². The molecular formula is C14H23N3O. The monoisotopic (exact) mass is 249 g/mol. The third-order valence-corrected chi connectivity index (χ3v) is 4.44. The Hall–Kier alpha value is -0.870. The van der Waals surface area contributed by atoms with Gasteiger partial charge in [0.15, 0.2) is 0 Å². The zero-order valence-corrected chi connectivity index (χ0v) is 11.2. The van der Waals surface area contributed by atoms with E-state index >= 15 is 0 Å². The van der Waals surface area contributed by atoms with Gasteiger partial charge >= 0.3 is 0 Å². The molecule has 4 heteroatoms. The first-order chi connectivity index (χ1) is 8.81. The van der Waals surface area contributed by atoms with E-state index in [0.29, 0.717) is 6.04 Å². The smallest absolute Gasteiger partial charge is 0.126 e. The summed E-state index contributed by atoms with van der Waals surface area (Å²) in [5, 5.41) is 10.0. The fourth-order valence-electron chi connectivity index (χ4n) is 3.43. The molecule has 100 valence electrons. The molecule has 0 bridgehead atoms. The Morgan fingerprint density at radius 2 is 2.17 bits per heavy atom. The lowest BCUT2D eigenvalue weighted by Gasteiger charge is -2.35. The van der Waals surface area contributed by atoms with E-state index in [-0.39, 0.29) is 6.10 Å². The lowest BCUT2D eigenvalue weighted by atomic mass is 10.0. The summed E-state index contributed by atoms with van der Waals surface area (Å²) in [5.74, 6) is 1.19. The molecule has 1 aromatic heterocycles. The molecule has 2 atom stereocenters. The second-order valence-electron chi connectivity index (χ2n) is 5.49. The predicted octanol–water partition coefficient (Wildman–Crippen LogP) is 2.26. The minimum atomic E-state index is -0.307. The van der Waals surface area contributed by atoms with Crippen LogP contribution in [0.5, 0.6) is 0 Å². The average Bonchev–Trinajstić information content (AvgIpc) is 2.84. The molecule has 4 nitrogen and oxygen atoms in total. The van der Waals surface area contributed by atoms with Gasteiger partial charge in [0.25, 0.3) is 0 Å². The molecule has 0 amide bonds. The van der Waals surface area contributed by atoms with Crippen molar-refractivity contribution in [1.29, 1.82) is 0 Å². The lowest BCUT2D eigenvalue weighted by Crippen LogP contribution is -2.35. The second-order valence-corrected chi connectivity index (χ2v) is 5.49. The van der Waals surface area contributed by atoms with Crippen molar-refractivity contribution in [3.63, 3.8) is 0 Å². The maximum absolute atomic E-state index is 10.0. The first-order valence-electron chi connectivity index (χ1n) is 7.28. The molecule has 0 spiro atoms. The molecule has 3 rings (SSSR count). The van der Waals surface area contributed by atoms with Crippen LogP contribution in [0.15, 0.2) is 6.20 Å². The number of nitrogens with zero attached hydrogens (tertiary/aromatic N) is 3. The van der Waals surface area contributed by atoms with Crippen LogP contribution in [0.25, 0.3) is 0 Å². The number of imidazole rings is 1. The van der Waals surface area contributed by atoms with Gasteiger partial charge in [0.05, 0.1) is 24.0 Å². The zero-order chi connectivity index (χ0) is 12.5. The maximum atomic E-state index is 10.0. The third-order valence-electron chi connectivity index (χ3n) is 4.44. The number of aliphatic hydroxyl groups excluding tert-OH is 1. The van der Waals surface area contributed by atoms with E-state index < -0.39 is 0 Å². The molecule has 1 N–H and O–H groups in total. The number of fused-ring (bicyclic) bond motifs is 1. The Bertz CT molecular complexity index is 415. The SMILES string of the molecule is CCN1CCCCC1c1ncc2n1CCCC2O. The van der Waals surface area contributed by atoms with Gasteiger partial charge in [-0.25, -0.2) is 4.98 Å². The van der Waals surface area contributed by atoms with Gasteiger partial charge in [-0.3, -0.25) is 4.90 Å². The summed E-state index contributed by atoms with van der Waals surface area (Å²) in [4.78, 5) is 7.16. The molecule has 18 heavy (non-hydrogen) atoms. The van der Waals surface area contributed by atoms with Gasteiger partial charge in [-0.05, 0) is 38.8 Å². The maximum Gasteiger partial charge on any atom is 0.126 e. The van der Waals surface area contributed by atoms with Crippen molar-refractivity contribution in [3.8, 4) is 0 Å². The highest BCUT2D eigenvalue weighted by molar-refractivity contribution is 5.14. The summed E-state index contributed by atoms with van der Waals surface area (Å²) in [5.41, 5.74) is 1.03. The number of piperidine rings is 1. The molecule has 0 radical (unpaired) electrons. The standard InChI is InChI=1S/C14H23N3O/c1-2-16-8-4-3-6-11(16)14-15-10-12-13(18)7-5-9-17(12)14/h10-11,13,18H,2-9H2,1H3. The van der Waals surface area contributed by atoms with E-state index in [2.05, 4.69) is 21.4 Å². The normalized spacial score (nSPS) is 29.2. The average molecular weight is 249 g/mol. The molecule has 0 aromatic carbocycles. The highest BCUT2D eigenvalue weighted by Crippen LogP contribution is 2.34. The van der Waals surface area contributed by atoms with Crippen molar-refractivity contribution >= 4 is 0 Å². The van der Waals surface area contributed by atoms with Crippen LogP contribution in [-0.2, 0) is 6.54 Å². The molecule has 0 saturated carbocycles. The summed E-state index contributed by atoms with van der Waals surface area (Å²) < 4.78 is 2.27. The minimum absolute atomic E-state index is 0.307. The van der Waals surface area contributed by atoms with E-state index in [1.54, 1.807) is 0 Å². The molecule has 1 fully saturated rings. The van der Waals surface area contributed by atoms with Gasteiger partial charge in [-0.15, -0.1) is 0 Å². The first kappa shape index (κ1) is 12.2. The number of aromatic nitrogens is 2. The number of rotatable bonds is 2. The van der Waals surface area contributed by atoms with E-state index in [0.717, 1.165) is 31.6 Å². The van der Waals surface area contributed by atoms with Gasteiger partial charge in [0, 0.05) is 6.54 Å². The van der Waals surface area contributed by atoms with Crippen molar-refractivity contribution in [2.75, 3.05) is 13.1 Å². The summed E-state index contributed by atoms with van der Waals surface area (Å²) >= 11 is 0. The molecular weight excluding hydrogens is 226 g/mol. The van der Waals surface area contributed by atoms with Gasteiger partial charge in [-0.2, -0.15) is 0 Å². The summed E-state index contributed by atoms with van der Waals surface area (Å²) in [7, 11) is 0. The molecule has 2 aliphatic rings. The minimum Gasteiger partial charge on any atom is -0.387 e. The Morgan fingerprint density at radius 1 is 1.28 bits per heavy atom.